The van der Waals surface area contributed by atoms with E-state index >= 15 is 0 Å². The molecule has 0 bridgehead atoms. The van der Waals surface area contributed by atoms with Crippen LogP contribution in [0.3, 0.4) is 0 Å². The summed E-state index contributed by atoms with van der Waals surface area (Å²) in [7, 11) is 3.34. The highest BCUT2D eigenvalue weighted by molar-refractivity contribution is 5.36. The molecule has 0 amide bonds. The Morgan fingerprint density at radius 2 is 2.12 bits per heavy atom. The van der Waals surface area contributed by atoms with Gasteiger partial charge in [-0.15, -0.1) is 0 Å². The van der Waals surface area contributed by atoms with Gasteiger partial charge in [0.1, 0.15) is 11.6 Å². The van der Waals surface area contributed by atoms with Gasteiger partial charge in [0.15, 0.2) is 0 Å². The van der Waals surface area contributed by atoms with Gasteiger partial charge in [-0.05, 0) is 13.3 Å². The van der Waals surface area contributed by atoms with Crippen molar-refractivity contribution in [1.82, 2.24) is 9.97 Å². The number of aromatic nitrogens is 2. The van der Waals surface area contributed by atoms with Gasteiger partial charge in [0.05, 0.1) is 12.7 Å². The van der Waals surface area contributed by atoms with E-state index in [1.165, 1.54) is 0 Å². The Bertz CT molecular complexity index is 345. The molecule has 96 valence electrons. The monoisotopic (exact) mass is 239 g/mol. The van der Waals surface area contributed by atoms with Crippen LogP contribution < -0.4 is 5.32 Å². The van der Waals surface area contributed by atoms with Crippen LogP contribution in [0.2, 0.25) is 0 Å². The van der Waals surface area contributed by atoms with Gasteiger partial charge in [0.2, 0.25) is 0 Å². The van der Waals surface area contributed by atoms with E-state index in [0.29, 0.717) is 13.2 Å². The molecular weight excluding hydrogens is 218 g/mol. The number of hydrogen-bond donors (Lipinski definition) is 1. The second-order valence-corrected chi connectivity index (χ2v) is 3.84. The van der Waals surface area contributed by atoms with Crippen LogP contribution >= 0.6 is 0 Å². The average Bonchev–Trinajstić information content (AvgIpc) is 2.33. The van der Waals surface area contributed by atoms with Crippen molar-refractivity contribution in [2.45, 2.75) is 26.4 Å². The fourth-order valence-corrected chi connectivity index (χ4v) is 1.52. The molecule has 1 rings (SSSR count). The highest BCUT2D eigenvalue weighted by Gasteiger charge is 2.07. The van der Waals surface area contributed by atoms with Crippen LogP contribution in [0.1, 0.15) is 18.4 Å². The van der Waals surface area contributed by atoms with Crippen LogP contribution in [-0.2, 0) is 15.9 Å². The molecule has 5 nitrogen and oxygen atoms in total. The third-order valence-corrected chi connectivity index (χ3v) is 2.45. The van der Waals surface area contributed by atoms with E-state index in [1.807, 2.05) is 13.0 Å². The Hall–Kier alpha value is -1.20. The Kier molecular flexibility index (Phi) is 5.86. The molecule has 1 aromatic rings. The van der Waals surface area contributed by atoms with Crippen LogP contribution in [0.5, 0.6) is 0 Å². The lowest BCUT2D eigenvalue weighted by Gasteiger charge is -2.15. The molecule has 0 aliphatic heterocycles. The summed E-state index contributed by atoms with van der Waals surface area (Å²) in [5.74, 6) is 1.63. The third-order valence-electron chi connectivity index (χ3n) is 2.45. The smallest absolute Gasteiger partial charge is 0.130 e. The van der Waals surface area contributed by atoms with E-state index in [4.69, 9.17) is 9.47 Å². The Morgan fingerprint density at radius 1 is 1.35 bits per heavy atom. The topological polar surface area (TPSA) is 56.3 Å². The van der Waals surface area contributed by atoms with Crippen molar-refractivity contribution >= 4 is 5.82 Å². The van der Waals surface area contributed by atoms with Crippen molar-refractivity contribution < 1.29 is 9.47 Å². The summed E-state index contributed by atoms with van der Waals surface area (Å²) in [5.41, 5.74) is 1.04. The van der Waals surface area contributed by atoms with Crippen LogP contribution in [-0.4, -0.2) is 43.4 Å². The maximum Gasteiger partial charge on any atom is 0.130 e. The predicted molar refractivity (Wildman–Crippen MR) is 67.3 cm³/mol. The number of anilines is 1. The molecule has 0 saturated carbocycles. The summed E-state index contributed by atoms with van der Waals surface area (Å²) in [6.07, 6.45) is 0.935. The van der Waals surface area contributed by atoms with E-state index in [0.717, 1.165) is 23.8 Å². The van der Waals surface area contributed by atoms with Gasteiger partial charge in [0.25, 0.3) is 0 Å². The van der Waals surface area contributed by atoms with Crippen molar-refractivity contribution in [1.29, 1.82) is 0 Å². The molecule has 0 aromatic carbocycles. The van der Waals surface area contributed by atoms with Crippen molar-refractivity contribution in [3.05, 3.63) is 17.6 Å². The minimum absolute atomic E-state index is 0.0281. The number of ether oxygens (including phenoxy) is 2. The molecule has 0 saturated heterocycles. The molecule has 1 heterocycles. The lowest BCUT2D eigenvalue weighted by Crippen LogP contribution is -2.27. The Balaban J connectivity index is 2.58. The van der Waals surface area contributed by atoms with Crippen LogP contribution in [0.15, 0.2) is 6.07 Å². The van der Waals surface area contributed by atoms with Crippen molar-refractivity contribution in [2.75, 3.05) is 32.7 Å². The third kappa shape index (κ3) is 4.66. The van der Waals surface area contributed by atoms with Gasteiger partial charge in [-0.2, -0.15) is 0 Å². The normalized spacial score (nSPS) is 12.5. The standard InChI is InChI=1S/C12H21N3O2/c1-5-10-6-12(15-9(2)14-10)13-7-11(17-4)8-16-3/h6,11H,5,7-8H2,1-4H3,(H,13,14,15). The number of aryl methyl sites for hydroxylation is 2. The van der Waals surface area contributed by atoms with Crippen molar-refractivity contribution in [3.63, 3.8) is 0 Å². The van der Waals surface area contributed by atoms with Crippen molar-refractivity contribution in [2.24, 2.45) is 0 Å². The number of nitrogens with zero attached hydrogens (tertiary/aromatic N) is 2. The molecular formula is C12H21N3O2. The molecule has 1 atom stereocenters. The molecule has 0 aliphatic rings. The SMILES string of the molecule is CCc1cc(NCC(COC)OC)nc(C)n1. The van der Waals surface area contributed by atoms with Crippen molar-refractivity contribution in [3.8, 4) is 0 Å². The van der Waals surface area contributed by atoms with Gasteiger partial charge in [-0.25, -0.2) is 9.97 Å². The van der Waals surface area contributed by atoms with Crippen LogP contribution in [0.4, 0.5) is 5.82 Å². The summed E-state index contributed by atoms with van der Waals surface area (Å²) in [6.45, 7) is 5.21. The van der Waals surface area contributed by atoms with Gasteiger partial charge in [-0.1, -0.05) is 6.92 Å². The summed E-state index contributed by atoms with van der Waals surface area (Å²) >= 11 is 0. The molecule has 1 N–H and O–H groups in total. The minimum Gasteiger partial charge on any atom is -0.382 e. The zero-order valence-corrected chi connectivity index (χ0v) is 11.0. The van der Waals surface area contributed by atoms with Gasteiger partial charge < -0.3 is 14.8 Å². The first-order valence-electron chi connectivity index (χ1n) is 5.79. The van der Waals surface area contributed by atoms with E-state index in [-0.39, 0.29) is 6.10 Å². The number of hydrogen-bond acceptors (Lipinski definition) is 5. The molecule has 0 fully saturated rings. The highest BCUT2D eigenvalue weighted by Crippen LogP contribution is 2.07. The number of methoxy groups -OCH3 is 2. The molecule has 1 unspecified atom stereocenters. The molecule has 0 spiro atoms. The molecule has 17 heavy (non-hydrogen) atoms. The Morgan fingerprint density at radius 3 is 2.71 bits per heavy atom. The van der Waals surface area contributed by atoms with Gasteiger partial charge in [0, 0.05) is 32.5 Å². The highest BCUT2D eigenvalue weighted by atomic mass is 16.5. The lowest BCUT2D eigenvalue weighted by molar-refractivity contribution is 0.0365. The number of rotatable bonds is 7. The maximum atomic E-state index is 5.27. The van der Waals surface area contributed by atoms with E-state index in [1.54, 1.807) is 14.2 Å². The van der Waals surface area contributed by atoms with Gasteiger partial charge in [-0.3, -0.25) is 0 Å². The van der Waals surface area contributed by atoms with Gasteiger partial charge >= 0.3 is 0 Å². The largest absolute Gasteiger partial charge is 0.382 e. The summed E-state index contributed by atoms with van der Waals surface area (Å²) in [6, 6.07) is 1.96. The first-order chi connectivity index (χ1) is 8.19. The first-order valence-corrected chi connectivity index (χ1v) is 5.79. The molecule has 0 radical (unpaired) electrons. The molecule has 1 aromatic heterocycles. The fraction of sp³-hybridized carbons (Fsp3) is 0.667. The summed E-state index contributed by atoms with van der Waals surface area (Å²) in [5, 5.41) is 3.24. The fourth-order valence-electron chi connectivity index (χ4n) is 1.52. The van der Waals surface area contributed by atoms with E-state index in [9.17, 15) is 0 Å². The Labute approximate surface area is 103 Å². The zero-order valence-electron chi connectivity index (χ0n) is 11.0. The quantitative estimate of drug-likeness (QED) is 0.780. The molecule has 5 heteroatoms. The summed E-state index contributed by atoms with van der Waals surface area (Å²) in [4.78, 5) is 8.66. The second kappa shape index (κ2) is 7.19. The molecule has 0 aliphatic carbocycles. The predicted octanol–water partition coefficient (Wildman–Crippen LogP) is 1.42. The minimum atomic E-state index is 0.0281. The van der Waals surface area contributed by atoms with E-state index in [2.05, 4.69) is 22.2 Å². The van der Waals surface area contributed by atoms with Crippen LogP contribution in [0.25, 0.3) is 0 Å². The van der Waals surface area contributed by atoms with Crippen LogP contribution in [0, 0.1) is 6.92 Å². The summed E-state index contributed by atoms with van der Waals surface area (Å²) < 4.78 is 10.3. The number of nitrogens with one attached hydrogen (secondary N) is 1. The lowest BCUT2D eigenvalue weighted by atomic mass is 10.3. The first kappa shape index (κ1) is 13.9. The average molecular weight is 239 g/mol. The zero-order chi connectivity index (χ0) is 12.7. The maximum absolute atomic E-state index is 5.27. The van der Waals surface area contributed by atoms with E-state index < -0.39 is 0 Å². The second-order valence-electron chi connectivity index (χ2n) is 3.84.